The number of rotatable bonds is 2. The minimum atomic E-state index is 0.148. The van der Waals surface area contributed by atoms with Gasteiger partial charge in [0.25, 0.3) is 0 Å². The molecule has 0 aromatic heterocycles. The van der Waals surface area contributed by atoms with Crippen molar-refractivity contribution in [2.75, 3.05) is 24.6 Å². The summed E-state index contributed by atoms with van der Waals surface area (Å²) in [5.41, 5.74) is 1.12. The van der Waals surface area contributed by atoms with Gasteiger partial charge in [0.2, 0.25) is 0 Å². The number of piperazine rings is 1. The van der Waals surface area contributed by atoms with Gasteiger partial charge in [-0.25, -0.2) is 0 Å². The molecule has 0 aliphatic carbocycles. The first kappa shape index (κ1) is 11.7. The predicted octanol–water partition coefficient (Wildman–Crippen LogP) is 1.50. The number of aliphatic hydroxyl groups excluding tert-OH is 1. The second kappa shape index (κ2) is 5.04. The fourth-order valence-electron chi connectivity index (χ4n) is 2.07. The molecule has 1 heterocycles. The fraction of sp³-hybridized carbons (Fsp3) is 0.500. The normalized spacial score (nSPS) is 25.8. The summed E-state index contributed by atoms with van der Waals surface area (Å²) in [7, 11) is 0. The van der Waals surface area contributed by atoms with Gasteiger partial charge in [-0.3, -0.25) is 0 Å². The summed E-state index contributed by atoms with van der Waals surface area (Å²) >= 11 is 5.99. The van der Waals surface area contributed by atoms with Gasteiger partial charge in [-0.15, -0.1) is 0 Å². The van der Waals surface area contributed by atoms with Crippen LogP contribution in [0.5, 0.6) is 0 Å². The van der Waals surface area contributed by atoms with E-state index in [0.717, 1.165) is 23.8 Å². The van der Waals surface area contributed by atoms with E-state index in [1.165, 1.54) is 0 Å². The molecule has 4 heteroatoms. The van der Waals surface area contributed by atoms with Crippen molar-refractivity contribution < 1.29 is 5.11 Å². The SMILES string of the molecule is CC1CNC(CO)CN1c1cccc(Cl)c1. The summed E-state index contributed by atoms with van der Waals surface area (Å²) in [5, 5.41) is 13.2. The Kier molecular flexibility index (Phi) is 3.69. The van der Waals surface area contributed by atoms with E-state index in [2.05, 4.69) is 23.2 Å². The van der Waals surface area contributed by atoms with E-state index in [1.807, 2.05) is 18.2 Å². The standard InChI is InChI=1S/C12H17ClN2O/c1-9-6-14-11(8-16)7-15(9)12-4-2-3-10(13)5-12/h2-5,9,11,14,16H,6-8H2,1H3. The molecule has 1 aliphatic rings. The third kappa shape index (κ3) is 2.48. The van der Waals surface area contributed by atoms with Gasteiger partial charge in [0, 0.05) is 35.9 Å². The van der Waals surface area contributed by atoms with E-state index in [1.54, 1.807) is 0 Å². The van der Waals surface area contributed by atoms with Gasteiger partial charge < -0.3 is 15.3 Å². The molecule has 3 nitrogen and oxygen atoms in total. The molecule has 1 aromatic carbocycles. The second-order valence-corrected chi connectivity index (χ2v) is 4.71. The highest BCUT2D eigenvalue weighted by Gasteiger charge is 2.24. The van der Waals surface area contributed by atoms with Crippen molar-refractivity contribution in [3.63, 3.8) is 0 Å². The number of hydrogen-bond donors (Lipinski definition) is 2. The van der Waals surface area contributed by atoms with Crippen molar-refractivity contribution in [1.82, 2.24) is 5.32 Å². The molecular weight excluding hydrogens is 224 g/mol. The van der Waals surface area contributed by atoms with E-state index in [4.69, 9.17) is 11.6 Å². The van der Waals surface area contributed by atoms with E-state index in [-0.39, 0.29) is 12.6 Å². The first-order chi connectivity index (χ1) is 7.70. The Morgan fingerprint density at radius 2 is 2.38 bits per heavy atom. The average Bonchev–Trinajstić information content (AvgIpc) is 2.30. The predicted molar refractivity (Wildman–Crippen MR) is 67.1 cm³/mol. The zero-order valence-electron chi connectivity index (χ0n) is 9.36. The minimum absolute atomic E-state index is 0.148. The molecule has 2 atom stereocenters. The van der Waals surface area contributed by atoms with E-state index < -0.39 is 0 Å². The van der Waals surface area contributed by atoms with Gasteiger partial charge in [0.15, 0.2) is 0 Å². The van der Waals surface area contributed by atoms with Crippen LogP contribution in [-0.4, -0.2) is 36.9 Å². The Balaban J connectivity index is 2.17. The van der Waals surface area contributed by atoms with Crippen molar-refractivity contribution in [2.24, 2.45) is 0 Å². The van der Waals surface area contributed by atoms with Gasteiger partial charge in [0.1, 0.15) is 0 Å². The van der Waals surface area contributed by atoms with Gasteiger partial charge in [-0.05, 0) is 25.1 Å². The lowest BCUT2D eigenvalue weighted by Gasteiger charge is -2.39. The van der Waals surface area contributed by atoms with Crippen molar-refractivity contribution in [2.45, 2.75) is 19.0 Å². The van der Waals surface area contributed by atoms with Crippen LogP contribution in [0, 0.1) is 0 Å². The Labute approximate surface area is 101 Å². The van der Waals surface area contributed by atoms with Crippen LogP contribution in [0.2, 0.25) is 5.02 Å². The molecule has 0 amide bonds. The van der Waals surface area contributed by atoms with E-state index in [9.17, 15) is 5.11 Å². The molecule has 16 heavy (non-hydrogen) atoms. The average molecular weight is 241 g/mol. The Bertz CT molecular complexity index is 359. The number of hydrogen-bond acceptors (Lipinski definition) is 3. The highest BCUT2D eigenvalue weighted by molar-refractivity contribution is 6.30. The lowest BCUT2D eigenvalue weighted by atomic mass is 10.1. The minimum Gasteiger partial charge on any atom is -0.395 e. The summed E-state index contributed by atoms with van der Waals surface area (Å²) in [4.78, 5) is 2.28. The monoisotopic (exact) mass is 240 g/mol. The maximum atomic E-state index is 9.18. The molecular formula is C12H17ClN2O. The van der Waals surface area contributed by atoms with E-state index >= 15 is 0 Å². The molecule has 0 bridgehead atoms. The molecule has 88 valence electrons. The van der Waals surface area contributed by atoms with Crippen molar-refractivity contribution in [3.05, 3.63) is 29.3 Å². The van der Waals surface area contributed by atoms with Crippen LogP contribution in [0.25, 0.3) is 0 Å². The third-order valence-electron chi connectivity index (χ3n) is 3.01. The highest BCUT2D eigenvalue weighted by atomic mass is 35.5. The lowest BCUT2D eigenvalue weighted by Crippen LogP contribution is -2.56. The molecule has 0 saturated carbocycles. The van der Waals surface area contributed by atoms with Gasteiger partial charge in [-0.2, -0.15) is 0 Å². The summed E-state index contributed by atoms with van der Waals surface area (Å²) in [5.74, 6) is 0. The summed E-state index contributed by atoms with van der Waals surface area (Å²) in [6, 6.07) is 8.43. The molecule has 1 aliphatic heterocycles. The van der Waals surface area contributed by atoms with Crippen LogP contribution in [0.1, 0.15) is 6.92 Å². The van der Waals surface area contributed by atoms with Crippen LogP contribution in [0.3, 0.4) is 0 Å². The zero-order valence-corrected chi connectivity index (χ0v) is 10.1. The molecule has 1 aromatic rings. The topological polar surface area (TPSA) is 35.5 Å². The quantitative estimate of drug-likeness (QED) is 0.823. The number of halogens is 1. The molecule has 0 radical (unpaired) electrons. The van der Waals surface area contributed by atoms with Gasteiger partial charge >= 0.3 is 0 Å². The Morgan fingerprint density at radius 3 is 3.06 bits per heavy atom. The van der Waals surface area contributed by atoms with Crippen molar-refractivity contribution in [3.8, 4) is 0 Å². The lowest BCUT2D eigenvalue weighted by molar-refractivity contribution is 0.227. The number of nitrogens with one attached hydrogen (secondary N) is 1. The van der Waals surface area contributed by atoms with Crippen LogP contribution >= 0.6 is 11.6 Å². The largest absolute Gasteiger partial charge is 0.395 e. The fourth-order valence-corrected chi connectivity index (χ4v) is 2.25. The highest BCUT2D eigenvalue weighted by Crippen LogP contribution is 2.23. The van der Waals surface area contributed by atoms with Crippen LogP contribution in [-0.2, 0) is 0 Å². The van der Waals surface area contributed by atoms with E-state index in [0.29, 0.717) is 6.04 Å². The second-order valence-electron chi connectivity index (χ2n) is 4.27. The molecule has 2 N–H and O–H groups in total. The number of benzene rings is 1. The molecule has 1 fully saturated rings. The Morgan fingerprint density at radius 1 is 1.56 bits per heavy atom. The summed E-state index contributed by atoms with van der Waals surface area (Å²) in [6.07, 6.45) is 0. The molecule has 0 spiro atoms. The molecule has 2 rings (SSSR count). The summed E-state index contributed by atoms with van der Waals surface area (Å²) in [6.45, 7) is 4.04. The maximum Gasteiger partial charge on any atom is 0.0601 e. The number of aliphatic hydroxyl groups is 1. The van der Waals surface area contributed by atoms with Gasteiger partial charge in [0.05, 0.1) is 6.61 Å². The molecule has 2 unspecified atom stereocenters. The summed E-state index contributed by atoms with van der Waals surface area (Å²) < 4.78 is 0. The van der Waals surface area contributed by atoms with Crippen molar-refractivity contribution in [1.29, 1.82) is 0 Å². The van der Waals surface area contributed by atoms with Crippen LogP contribution in [0.4, 0.5) is 5.69 Å². The first-order valence-corrected chi connectivity index (χ1v) is 5.95. The maximum absolute atomic E-state index is 9.18. The van der Waals surface area contributed by atoms with Crippen molar-refractivity contribution >= 4 is 17.3 Å². The Hall–Kier alpha value is -0.770. The first-order valence-electron chi connectivity index (χ1n) is 5.57. The van der Waals surface area contributed by atoms with Crippen LogP contribution in [0.15, 0.2) is 24.3 Å². The number of anilines is 1. The molecule has 1 saturated heterocycles. The third-order valence-corrected chi connectivity index (χ3v) is 3.25. The zero-order chi connectivity index (χ0) is 11.5. The smallest absolute Gasteiger partial charge is 0.0601 e. The van der Waals surface area contributed by atoms with Crippen LogP contribution < -0.4 is 10.2 Å². The van der Waals surface area contributed by atoms with Gasteiger partial charge in [-0.1, -0.05) is 17.7 Å². The number of nitrogens with zero attached hydrogens (tertiary/aromatic N) is 1.